The Labute approximate surface area is 151 Å². The highest BCUT2D eigenvalue weighted by Crippen LogP contribution is 2.19. The molecule has 0 radical (unpaired) electrons. The summed E-state index contributed by atoms with van der Waals surface area (Å²) >= 11 is 0. The van der Waals surface area contributed by atoms with Gasteiger partial charge in [-0.1, -0.05) is 24.3 Å². The van der Waals surface area contributed by atoms with Crippen LogP contribution in [0.15, 0.2) is 60.7 Å². The van der Waals surface area contributed by atoms with Gasteiger partial charge in [-0.25, -0.2) is 18.2 Å². The van der Waals surface area contributed by atoms with Gasteiger partial charge in [0.15, 0.2) is 0 Å². The molecule has 0 unspecified atom stereocenters. The normalized spacial score (nSPS) is 10.3. The maximum Gasteiger partial charge on any atom is 0.274 e. The van der Waals surface area contributed by atoms with Crippen molar-refractivity contribution >= 4 is 23.2 Å². The van der Waals surface area contributed by atoms with Crippen LogP contribution in [0.2, 0.25) is 0 Å². The molecule has 8 heteroatoms. The first-order valence-corrected chi connectivity index (χ1v) is 7.74. The zero-order chi connectivity index (χ0) is 19.4. The molecule has 0 bridgehead atoms. The highest BCUT2D eigenvalue weighted by molar-refractivity contribution is 6.06. The fourth-order valence-electron chi connectivity index (χ4n) is 2.23. The molecule has 5 nitrogen and oxygen atoms in total. The molecule has 0 aliphatic heterocycles. The molecule has 2 amide bonds. The van der Waals surface area contributed by atoms with E-state index in [4.69, 9.17) is 0 Å². The molecule has 1 aromatic heterocycles. The summed E-state index contributed by atoms with van der Waals surface area (Å²) in [5.74, 6) is -4.17. The second-order valence-corrected chi connectivity index (χ2v) is 5.39. The van der Waals surface area contributed by atoms with Crippen molar-refractivity contribution in [2.75, 3.05) is 10.6 Å². The predicted molar refractivity (Wildman–Crippen MR) is 92.9 cm³/mol. The molecule has 0 aliphatic carbocycles. The standard InChI is InChI=1S/C19H12F3N3O2/c20-11-5-1-2-8-14(11)24-18(26)15-9-4-10-16(23-15)19(27)25-17-12(21)6-3-7-13(17)22/h1-10H,(H,24,26)(H,25,27). The van der Waals surface area contributed by atoms with Crippen molar-refractivity contribution in [2.45, 2.75) is 0 Å². The van der Waals surface area contributed by atoms with E-state index in [0.717, 1.165) is 18.2 Å². The number of halogens is 3. The number of benzene rings is 2. The van der Waals surface area contributed by atoms with Crippen molar-refractivity contribution in [3.05, 3.63) is 89.5 Å². The second kappa shape index (κ2) is 7.69. The van der Waals surface area contributed by atoms with Crippen LogP contribution in [0.3, 0.4) is 0 Å². The second-order valence-electron chi connectivity index (χ2n) is 5.39. The third-order valence-electron chi connectivity index (χ3n) is 3.54. The van der Waals surface area contributed by atoms with Crippen molar-refractivity contribution in [1.82, 2.24) is 4.98 Å². The summed E-state index contributed by atoms with van der Waals surface area (Å²) in [7, 11) is 0. The average molecular weight is 371 g/mol. The van der Waals surface area contributed by atoms with Gasteiger partial charge >= 0.3 is 0 Å². The third-order valence-corrected chi connectivity index (χ3v) is 3.54. The molecular formula is C19H12F3N3O2. The first kappa shape index (κ1) is 18.1. The Balaban J connectivity index is 1.80. The fraction of sp³-hybridized carbons (Fsp3) is 0. The highest BCUT2D eigenvalue weighted by Gasteiger charge is 2.17. The summed E-state index contributed by atoms with van der Waals surface area (Å²) in [4.78, 5) is 28.3. The molecule has 0 fully saturated rings. The van der Waals surface area contributed by atoms with Gasteiger partial charge in [-0.3, -0.25) is 9.59 Å². The molecular weight excluding hydrogens is 359 g/mol. The minimum Gasteiger partial charge on any atom is -0.318 e. The molecule has 0 saturated heterocycles. The molecule has 2 aromatic carbocycles. The molecule has 3 aromatic rings. The highest BCUT2D eigenvalue weighted by atomic mass is 19.1. The van der Waals surface area contributed by atoms with Gasteiger partial charge in [0.05, 0.1) is 5.69 Å². The van der Waals surface area contributed by atoms with Crippen LogP contribution in [0.25, 0.3) is 0 Å². The maximum absolute atomic E-state index is 13.6. The van der Waals surface area contributed by atoms with E-state index in [1.807, 2.05) is 0 Å². The minimum atomic E-state index is -0.947. The number of carbonyl (C=O) groups is 2. The van der Waals surface area contributed by atoms with E-state index in [1.165, 1.54) is 36.4 Å². The van der Waals surface area contributed by atoms with Gasteiger partial charge in [-0.15, -0.1) is 0 Å². The number of hydrogen-bond acceptors (Lipinski definition) is 3. The van der Waals surface area contributed by atoms with Crippen LogP contribution in [0.4, 0.5) is 24.5 Å². The van der Waals surface area contributed by atoms with E-state index in [-0.39, 0.29) is 17.1 Å². The third kappa shape index (κ3) is 4.12. The minimum absolute atomic E-state index is 0.0485. The quantitative estimate of drug-likeness (QED) is 0.728. The van der Waals surface area contributed by atoms with E-state index >= 15 is 0 Å². The summed E-state index contributed by atoms with van der Waals surface area (Å²) in [6.45, 7) is 0. The van der Waals surface area contributed by atoms with Crippen molar-refractivity contribution < 1.29 is 22.8 Å². The lowest BCUT2D eigenvalue weighted by molar-refractivity contribution is 0.101. The van der Waals surface area contributed by atoms with Gasteiger partial charge in [0, 0.05) is 0 Å². The topological polar surface area (TPSA) is 71.1 Å². The molecule has 136 valence electrons. The van der Waals surface area contributed by atoms with Crippen molar-refractivity contribution in [2.24, 2.45) is 0 Å². The molecule has 0 atom stereocenters. The van der Waals surface area contributed by atoms with Crippen LogP contribution < -0.4 is 10.6 Å². The van der Waals surface area contributed by atoms with E-state index < -0.39 is 35.0 Å². The summed E-state index contributed by atoms with van der Waals surface area (Å²) in [5, 5.41) is 4.41. The van der Waals surface area contributed by atoms with Crippen LogP contribution >= 0.6 is 0 Å². The number of nitrogens with one attached hydrogen (secondary N) is 2. The number of hydrogen-bond donors (Lipinski definition) is 2. The van der Waals surface area contributed by atoms with Gasteiger partial charge in [0.2, 0.25) is 0 Å². The van der Waals surface area contributed by atoms with Crippen LogP contribution in [-0.2, 0) is 0 Å². The molecule has 27 heavy (non-hydrogen) atoms. The molecule has 3 rings (SSSR count). The van der Waals surface area contributed by atoms with Gasteiger partial charge in [0.1, 0.15) is 34.5 Å². The predicted octanol–water partition coefficient (Wildman–Crippen LogP) is 4.00. The number of nitrogens with zero attached hydrogens (tertiary/aromatic N) is 1. The van der Waals surface area contributed by atoms with Crippen molar-refractivity contribution in [1.29, 1.82) is 0 Å². The Morgan fingerprint density at radius 3 is 1.81 bits per heavy atom. The first-order chi connectivity index (χ1) is 13.0. The Kier molecular flexibility index (Phi) is 5.16. The lowest BCUT2D eigenvalue weighted by atomic mass is 10.2. The number of carbonyl (C=O) groups excluding carboxylic acids is 2. The van der Waals surface area contributed by atoms with Gasteiger partial charge in [0.25, 0.3) is 11.8 Å². The largest absolute Gasteiger partial charge is 0.318 e. The Morgan fingerprint density at radius 1 is 0.667 bits per heavy atom. The lowest BCUT2D eigenvalue weighted by Crippen LogP contribution is -2.19. The zero-order valence-corrected chi connectivity index (χ0v) is 13.7. The van der Waals surface area contributed by atoms with Gasteiger partial charge < -0.3 is 10.6 Å². The van der Waals surface area contributed by atoms with Crippen molar-refractivity contribution in [3.63, 3.8) is 0 Å². The van der Waals surface area contributed by atoms with Crippen LogP contribution in [0.1, 0.15) is 21.0 Å². The molecule has 0 aliphatic rings. The lowest BCUT2D eigenvalue weighted by Gasteiger charge is -2.09. The van der Waals surface area contributed by atoms with Crippen LogP contribution in [-0.4, -0.2) is 16.8 Å². The fourth-order valence-corrected chi connectivity index (χ4v) is 2.23. The number of anilines is 2. The number of pyridine rings is 1. The monoisotopic (exact) mass is 371 g/mol. The molecule has 0 saturated carbocycles. The number of aromatic nitrogens is 1. The Bertz CT molecular complexity index is 1000. The van der Waals surface area contributed by atoms with E-state index in [9.17, 15) is 22.8 Å². The maximum atomic E-state index is 13.6. The Hall–Kier alpha value is -3.68. The number of amides is 2. The van der Waals surface area contributed by atoms with Crippen LogP contribution in [0.5, 0.6) is 0 Å². The number of rotatable bonds is 4. The van der Waals surface area contributed by atoms with Gasteiger partial charge in [-0.2, -0.15) is 0 Å². The van der Waals surface area contributed by atoms with E-state index in [1.54, 1.807) is 6.07 Å². The van der Waals surface area contributed by atoms with Gasteiger partial charge in [-0.05, 0) is 36.4 Å². The summed E-state index contributed by atoms with van der Waals surface area (Å²) in [6.07, 6.45) is 0. The van der Waals surface area contributed by atoms with Crippen LogP contribution in [0, 0.1) is 17.5 Å². The van der Waals surface area contributed by atoms with E-state index in [0.29, 0.717) is 0 Å². The average Bonchev–Trinajstić information content (AvgIpc) is 2.66. The smallest absolute Gasteiger partial charge is 0.274 e. The Morgan fingerprint density at radius 2 is 1.19 bits per heavy atom. The number of para-hydroxylation sites is 2. The molecule has 0 spiro atoms. The summed E-state index contributed by atoms with van der Waals surface area (Å²) in [5.41, 5.74) is -1.07. The summed E-state index contributed by atoms with van der Waals surface area (Å²) < 4.78 is 40.9. The van der Waals surface area contributed by atoms with E-state index in [2.05, 4.69) is 15.6 Å². The molecule has 1 heterocycles. The first-order valence-electron chi connectivity index (χ1n) is 7.74. The van der Waals surface area contributed by atoms with Crippen molar-refractivity contribution in [3.8, 4) is 0 Å². The SMILES string of the molecule is O=C(Nc1ccccc1F)c1cccc(C(=O)Nc2c(F)cccc2F)n1. The summed E-state index contributed by atoms with van der Waals surface area (Å²) in [6, 6.07) is 12.6. The molecule has 2 N–H and O–H groups in total. The zero-order valence-electron chi connectivity index (χ0n) is 13.7.